The van der Waals surface area contributed by atoms with E-state index in [4.69, 9.17) is 15.3 Å². The van der Waals surface area contributed by atoms with Crippen LogP contribution in [-0.2, 0) is 0 Å². The minimum atomic E-state index is 0. The van der Waals surface area contributed by atoms with Crippen LogP contribution >= 0.6 is 0 Å². The van der Waals surface area contributed by atoms with Crippen LogP contribution in [0, 0.1) is 0 Å². The Hall–Kier alpha value is -0.160. The molecule has 0 heterocycles. The molecule has 4 heteroatoms. The van der Waals surface area contributed by atoms with Gasteiger partial charge in [-0.2, -0.15) is 0 Å². The van der Waals surface area contributed by atoms with E-state index in [2.05, 4.69) is 0 Å². The van der Waals surface area contributed by atoms with Crippen molar-refractivity contribution in [3.63, 3.8) is 0 Å². The maximum absolute atomic E-state index is 8.09. The number of rotatable bonds is 3. The van der Waals surface area contributed by atoms with Crippen LogP contribution in [0.5, 0.6) is 0 Å². The fourth-order valence-corrected chi connectivity index (χ4v) is 0.224. The minimum Gasteiger partial charge on any atom is -0.412 e. The van der Waals surface area contributed by atoms with Gasteiger partial charge in [-0.1, -0.05) is 0 Å². The maximum Gasteiger partial charge on any atom is 0.0431 e. The molecule has 0 radical (unpaired) electrons. The lowest BCUT2D eigenvalue weighted by molar-refractivity contribution is 0.242. The lowest BCUT2D eigenvalue weighted by Crippen LogP contribution is -1.85. The Morgan fingerprint density at radius 3 is 1.20 bits per heavy atom. The molecule has 10 heavy (non-hydrogen) atoms. The lowest BCUT2D eigenvalue weighted by atomic mass is 10.3. The van der Waals surface area contributed by atoms with Gasteiger partial charge in [0, 0.05) is 19.8 Å². The van der Waals surface area contributed by atoms with Gasteiger partial charge < -0.3 is 20.8 Å². The Morgan fingerprint density at radius 2 is 1.10 bits per heavy atom. The normalized spacial score (nSPS) is 7.20. The van der Waals surface area contributed by atoms with Crippen LogP contribution in [0.1, 0.15) is 19.8 Å². The van der Waals surface area contributed by atoms with Crippen molar-refractivity contribution in [3.05, 3.63) is 0 Å². The van der Waals surface area contributed by atoms with Gasteiger partial charge in [-0.25, -0.2) is 0 Å². The molecule has 0 aromatic rings. The van der Waals surface area contributed by atoms with Crippen LogP contribution in [0.25, 0.3) is 0 Å². The molecule has 0 amide bonds. The van der Waals surface area contributed by atoms with Crippen molar-refractivity contribution in [2.45, 2.75) is 19.8 Å². The summed E-state index contributed by atoms with van der Waals surface area (Å²) in [6, 6.07) is 0. The van der Waals surface area contributed by atoms with Gasteiger partial charge in [0.15, 0.2) is 0 Å². The number of hydrogen-bond donors (Lipinski definition) is 3. The minimum absolute atomic E-state index is 0. The molecule has 0 aliphatic carbocycles. The Bertz CT molecular complexity index is 28.9. The summed E-state index contributed by atoms with van der Waals surface area (Å²) in [5, 5.41) is 23.7. The average molecular weight is 154 g/mol. The second kappa shape index (κ2) is 23.2. The largest absolute Gasteiger partial charge is 0.412 e. The van der Waals surface area contributed by atoms with Gasteiger partial charge in [-0.3, -0.25) is 0 Å². The molecule has 4 nitrogen and oxygen atoms in total. The van der Waals surface area contributed by atoms with Gasteiger partial charge in [0.2, 0.25) is 0 Å². The third kappa shape index (κ3) is 45.5. The van der Waals surface area contributed by atoms with Gasteiger partial charge >= 0.3 is 0 Å². The summed E-state index contributed by atoms with van der Waals surface area (Å²) < 4.78 is 0. The van der Waals surface area contributed by atoms with Gasteiger partial charge in [-0.05, 0) is 19.8 Å². The summed E-state index contributed by atoms with van der Waals surface area (Å²) >= 11 is 0. The first kappa shape index (κ1) is 16.4. The van der Waals surface area contributed by atoms with Crippen molar-refractivity contribution in [1.29, 1.82) is 0 Å². The Balaban J connectivity index is -0.000000107. The molecule has 0 aliphatic heterocycles. The third-order valence-electron chi connectivity index (χ3n) is 0.566. The van der Waals surface area contributed by atoms with E-state index < -0.39 is 0 Å². The molecule has 0 atom stereocenters. The van der Waals surface area contributed by atoms with Crippen molar-refractivity contribution >= 4 is 0 Å². The topological polar surface area (TPSA) is 92.2 Å². The summed E-state index contributed by atoms with van der Waals surface area (Å²) in [6.07, 6.45) is 1.44. The van der Waals surface area contributed by atoms with Gasteiger partial charge in [0.25, 0.3) is 0 Å². The maximum atomic E-state index is 8.09. The van der Waals surface area contributed by atoms with Gasteiger partial charge in [0.05, 0.1) is 0 Å². The average Bonchev–Trinajstić information content (AvgIpc) is 1.86. The Kier molecular flexibility index (Phi) is 38.1. The van der Waals surface area contributed by atoms with E-state index in [0.717, 1.165) is 12.8 Å². The molecule has 0 saturated carbocycles. The van der Waals surface area contributed by atoms with E-state index in [0.29, 0.717) is 0 Å². The molecule has 0 spiro atoms. The van der Waals surface area contributed by atoms with Gasteiger partial charge in [-0.15, -0.1) is 0 Å². The SMILES string of the molecule is CCO.O.OCCCCO. The molecule has 0 fully saturated rings. The molecule has 66 valence electrons. The van der Waals surface area contributed by atoms with Crippen LogP contribution in [0.15, 0.2) is 0 Å². The Labute approximate surface area is 61.4 Å². The zero-order valence-electron chi connectivity index (χ0n) is 6.38. The van der Waals surface area contributed by atoms with Crippen LogP contribution in [0.2, 0.25) is 0 Å². The van der Waals surface area contributed by atoms with Crippen molar-refractivity contribution in [2.24, 2.45) is 0 Å². The van der Waals surface area contributed by atoms with Crippen LogP contribution in [0.4, 0.5) is 0 Å². The summed E-state index contributed by atoms with van der Waals surface area (Å²) in [5.41, 5.74) is 0. The summed E-state index contributed by atoms with van der Waals surface area (Å²) in [4.78, 5) is 0. The molecule has 0 rings (SSSR count). The highest BCUT2D eigenvalue weighted by molar-refractivity contribution is 4.30. The summed E-state index contributed by atoms with van der Waals surface area (Å²) in [5.74, 6) is 0. The van der Waals surface area contributed by atoms with E-state index in [9.17, 15) is 0 Å². The van der Waals surface area contributed by atoms with Crippen molar-refractivity contribution < 1.29 is 20.8 Å². The second-order valence-corrected chi connectivity index (χ2v) is 1.47. The van der Waals surface area contributed by atoms with Crippen LogP contribution in [0.3, 0.4) is 0 Å². The quantitative estimate of drug-likeness (QED) is 0.452. The highest BCUT2D eigenvalue weighted by atomic mass is 16.3. The zero-order valence-corrected chi connectivity index (χ0v) is 6.38. The van der Waals surface area contributed by atoms with Crippen molar-refractivity contribution in [2.75, 3.05) is 19.8 Å². The predicted octanol–water partition coefficient (Wildman–Crippen LogP) is -1.07. The third-order valence-corrected chi connectivity index (χ3v) is 0.566. The predicted molar refractivity (Wildman–Crippen MR) is 39.8 cm³/mol. The first-order valence-corrected chi connectivity index (χ1v) is 3.16. The summed E-state index contributed by atoms with van der Waals surface area (Å²) in [6.45, 7) is 2.32. The highest BCUT2D eigenvalue weighted by Gasteiger charge is 1.77. The van der Waals surface area contributed by atoms with Crippen molar-refractivity contribution in [3.8, 4) is 0 Å². The Morgan fingerprint density at radius 1 is 0.900 bits per heavy atom. The van der Waals surface area contributed by atoms with E-state index >= 15 is 0 Å². The first-order valence-electron chi connectivity index (χ1n) is 3.16. The van der Waals surface area contributed by atoms with Crippen molar-refractivity contribution in [1.82, 2.24) is 0 Å². The molecule has 0 aromatic heterocycles. The summed E-state index contributed by atoms with van der Waals surface area (Å²) in [7, 11) is 0. The molecule has 0 bridgehead atoms. The standard InChI is InChI=1S/C4H10O2.C2H6O.H2O/c5-3-1-2-4-6;1-2-3;/h5-6H,1-4H2;3H,2H2,1H3;1H2. The highest BCUT2D eigenvalue weighted by Crippen LogP contribution is 1.80. The smallest absolute Gasteiger partial charge is 0.0431 e. The number of aliphatic hydroxyl groups excluding tert-OH is 3. The second-order valence-electron chi connectivity index (χ2n) is 1.47. The van der Waals surface area contributed by atoms with E-state index in [1.165, 1.54) is 0 Å². The van der Waals surface area contributed by atoms with E-state index in [1.54, 1.807) is 6.92 Å². The van der Waals surface area contributed by atoms with E-state index in [-0.39, 0.29) is 25.3 Å². The molecular formula is C6H18O4. The molecular weight excluding hydrogens is 136 g/mol. The monoisotopic (exact) mass is 154 g/mol. The van der Waals surface area contributed by atoms with Gasteiger partial charge in [0.1, 0.15) is 0 Å². The first-order chi connectivity index (χ1) is 4.33. The fraction of sp³-hybridized carbons (Fsp3) is 1.00. The molecule has 0 saturated heterocycles. The number of unbranched alkanes of at least 4 members (excludes halogenated alkanes) is 1. The number of hydrogen-bond acceptors (Lipinski definition) is 3. The van der Waals surface area contributed by atoms with Crippen LogP contribution in [-0.4, -0.2) is 40.6 Å². The number of aliphatic hydroxyl groups is 3. The molecule has 0 aromatic carbocycles. The van der Waals surface area contributed by atoms with E-state index in [1.807, 2.05) is 0 Å². The fourth-order valence-electron chi connectivity index (χ4n) is 0.224. The lowest BCUT2D eigenvalue weighted by Gasteiger charge is -1.85. The van der Waals surface area contributed by atoms with Crippen LogP contribution < -0.4 is 0 Å². The molecule has 0 aliphatic rings. The zero-order chi connectivity index (χ0) is 7.54. The molecule has 0 unspecified atom stereocenters. The molecule has 5 N–H and O–H groups in total.